The fourth-order valence-corrected chi connectivity index (χ4v) is 5.58. The van der Waals surface area contributed by atoms with Gasteiger partial charge >= 0.3 is 0 Å². The van der Waals surface area contributed by atoms with Crippen molar-refractivity contribution < 1.29 is 17.9 Å². The second-order valence-corrected chi connectivity index (χ2v) is 8.56. The van der Waals surface area contributed by atoms with Crippen LogP contribution in [0.5, 0.6) is 11.5 Å². The van der Waals surface area contributed by atoms with E-state index >= 15 is 0 Å². The summed E-state index contributed by atoms with van der Waals surface area (Å²) in [6, 6.07) is 12.9. The summed E-state index contributed by atoms with van der Waals surface area (Å²) in [6.07, 6.45) is 0. The van der Waals surface area contributed by atoms with Crippen LogP contribution in [0.3, 0.4) is 0 Å². The Morgan fingerprint density at radius 1 is 1.16 bits per heavy atom. The van der Waals surface area contributed by atoms with Crippen LogP contribution < -0.4 is 15.2 Å². The van der Waals surface area contributed by atoms with E-state index in [1.54, 1.807) is 18.2 Å². The number of rotatable bonds is 3. The Morgan fingerprint density at radius 3 is 2.52 bits per heavy atom. The number of benzene rings is 2. The first-order valence-corrected chi connectivity index (χ1v) is 9.39. The molecule has 2 N–H and O–H groups in total. The topological polar surface area (TPSA) is 102 Å². The third-order valence-electron chi connectivity index (χ3n) is 4.60. The quantitative estimate of drug-likeness (QED) is 0.881. The lowest BCUT2D eigenvalue weighted by Crippen LogP contribution is -2.29. The zero-order chi connectivity index (χ0) is 17.8. The van der Waals surface area contributed by atoms with Gasteiger partial charge in [-0.25, -0.2) is 8.42 Å². The van der Waals surface area contributed by atoms with Gasteiger partial charge in [-0.15, -0.1) is 0 Å². The number of ether oxygens (including phenoxy) is 2. The molecule has 0 radical (unpaired) electrons. The van der Waals surface area contributed by atoms with Gasteiger partial charge < -0.3 is 15.2 Å². The third kappa shape index (κ3) is 2.37. The van der Waals surface area contributed by atoms with Gasteiger partial charge in [0.25, 0.3) is 0 Å². The second-order valence-electron chi connectivity index (χ2n) is 6.05. The lowest BCUT2D eigenvalue weighted by Gasteiger charge is -2.05. The highest BCUT2D eigenvalue weighted by Gasteiger charge is 2.70. The minimum absolute atomic E-state index is 0.0928. The molecule has 128 valence electrons. The van der Waals surface area contributed by atoms with Crippen molar-refractivity contribution in [3.63, 3.8) is 0 Å². The monoisotopic (exact) mass is 376 g/mol. The molecular formula is C17H13ClN2O4S. The number of fused-ring (bicyclic) bond motifs is 1. The molecule has 0 aromatic heterocycles. The molecule has 0 saturated heterocycles. The van der Waals surface area contributed by atoms with Gasteiger partial charge in [0, 0.05) is 10.9 Å². The van der Waals surface area contributed by atoms with Gasteiger partial charge in [0.2, 0.25) is 6.79 Å². The molecule has 4 rings (SSSR count). The van der Waals surface area contributed by atoms with E-state index in [2.05, 4.69) is 0 Å². The van der Waals surface area contributed by atoms with Gasteiger partial charge in [0.1, 0.15) is 10.8 Å². The Balaban J connectivity index is 1.75. The molecule has 8 heteroatoms. The van der Waals surface area contributed by atoms with Crippen molar-refractivity contribution >= 4 is 21.4 Å². The zero-order valence-electron chi connectivity index (χ0n) is 12.8. The van der Waals surface area contributed by atoms with Crippen LogP contribution >= 0.6 is 11.6 Å². The number of halogens is 1. The van der Waals surface area contributed by atoms with E-state index in [1.807, 2.05) is 6.07 Å². The first-order valence-electron chi connectivity index (χ1n) is 7.47. The summed E-state index contributed by atoms with van der Waals surface area (Å²) in [5.74, 6) is 0.459. The van der Waals surface area contributed by atoms with Crippen LogP contribution in [0, 0.1) is 11.3 Å². The Morgan fingerprint density at radius 2 is 1.84 bits per heavy atom. The maximum atomic E-state index is 13.0. The predicted molar refractivity (Wildman–Crippen MR) is 90.3 cm³/mol. The lowest BCUT2D eigenvalue weighted by molar-refractivity contribution is 0.174. The predicted octanol–water partition coefficient (Wildman–Crippen LogP) is 2.23. The minimum atomic E-state index is -3.79. The normalized spacial score (nSPS) is 26.9. The molecule has 2 aromatic rings. The van der Waals surface area contributed by atoms with Crippen LogP contribution in [0.4, 0.5) is 0 Å². The van der Waals surface area contributed by atoms with Crippen LogP contribution in [-0.2, 0) is 9.84 Å². The van der Waals surface area contributed by atoms with Crippen LogP contribution in [0.1, 0.15) is 11.5 Å². The summed E-state index contributed by atoms with van der Waals surface area (Å²) >= 11 is 5.82. The highest BCUT2D eigenvalue weighted by Crippen LogP contribution is 2.56. The number of sulfone groups is 1. The zero-order valence-corrected chi connectivity index (χ0v) is 14.4. The van der Waals surface area contributed by atoms with E-state index in [4.69, 9.17) is 26.8 Å². The number of nitrogens with zero attached hydrogens (tertiary/aromatic N) is 1. The maximum Gasteiger partial charge on any atom is 0.231 e. The van der Waals surface area contributed by atoms with Crippen LogP contribution in [0.15, 0.2) is 47.4 Å². The lowest BCUT2D eigenvalue weighted by atomic mass is 10.1. The Labute approximate surface area is 149 Å². The molecule has 2 aromatic carbocycles. The summed E-state index contributed by atoms with van der Waals surface area (Å²) in [7, 11) is -3.79. The standard InChI is InChI=1S/C17H13ClN2O4S/c18-11-2-4-12(5-3-11)25(21,22)16-15(17(16,20)8-19)10-1-6-13-14(7-10)24-9-23-13/h1-7,15-16H,9,20H2. The summed E-state index contributed by atoms with van der Waals surface area (Å²) in [5.41, 5.74) is 5.27. The van der Waals surface area contributed by atoms with Crippen LogP contribution in [-0.4, -0.2) is 26.0 Å². The molecule has 6 nitrogen and oxygen atoms in total. The molecule has 1 aliphatic heterocycles. The largest absolute Gasteiger partial charge is 0.454 e. The molecule has 1 heterocycles. The molecular weight excluding hydrogens is 364 g/mol. The number of hydrogen-bond acceptors (Lipinski definition) is 6. The number of nitrogens with two attached hydrogens (primary N) is 1. The van der Waals surface area contributed by atoms with Crippen molar-refractivity contribution in [2.45, 2.75) is 21.6 Å². The number of nitriles is 1. The van der Waals surface area contributed by atoms with E-state index in [-0.39, 0.29) is 11.7 Å². The average Bonchev–Trinajstić information content (AvgIpc) is 2.99. The van der Waals surface area contributed by atoms with Gasteiger partial charge in [-0.1, -0.05) is 17.7 Å². The fraction of sp³-hybridized carbons (Fsp3) is 0.235. The van der Waals surface area contributed by atoms with Crippen LogP contribution in [0.2, 0.25) is 5.02 Å². The van der Waals surface area contributed by atoms with E-state index in [0.29, 0.717) is 22.1 Å². The van der Waals surface area contributed by atoms with Gasteiger partial charge in [0.05, 0.1) is 11.0 Å². The summed E-state index contributed by atoms with van der Waals surface area (Å²) < 4.78 is 36.5. The third-order valence-corrected chi connectivity index (χ3v) is 7.12. The average molecular weight is 377 g/mol. The molecule has 25 heavy (non-hydrogen) atoms. The maximum absolute atomic E-state index is 13.0. The van der Waals surface area contributed by atoms with Crippen molar-refractivity contribution in [1.82, 2.24) is 0 Å². The molecule has 1 saturated carbocycles. The smallest absolute Gasteiger partial charge is 0.231 e. The molecule has 3 unspecified atom stereocenters. The number of hydrogen-bond donors (Lipinski definition) is 1. The van der Waals surface area contributed by atoms with Gasteiger partial charge in [0.15, 0.2) is 21.3 Å². The van der Waals surface area contributed by atoms with Crippen LogP contribution in [0.25, 0.3) is 0 Å². The van der Waals surface area contributed by atoms with E-state index in [1.165, 1.54) is 24.3 Å². The first-order chi connectivity index (χ1) is 11.9. The molecule has 0 spiro atoms. The summed E-state index contributed by atoms with van der Waals surface area (Å²) in [5, 5.41) is 8.89. The second kappa shape index (κ2) is 5.36. The Kier molecular flexibility index (Phi) is 3.48. The Bertz CT molecular complexity index is 1000. The molecule has 0 amide bonds. The van der Waals surface area contributed by atoms with Crippen molar-refractivity contribution in [2.75, 3.05) is 6.79 Å². The van der Waals surface area contributed by atoms with E-state index in [9.17, 15) is 13.7 Å². The summed E-state index contributed by atoms with van der Waals surface area (Å²) in [4.78, 5) is 0.0928. The van der Waals surface area contributed by atoms with Crippen molar-refractivity contribution in [3.8, 4) is 17.6 Å². The van der Waals surface area contributed by atoms with Gasteiger partial charge in [-0.2, -0.15) is 5.26 Å². The van der Waals surface area contributed by atoms with Crippen molar-refractivity contribution in [2.24, 2.45) is 5.73 Å². The molecule has 0 bridgehead atoms. The minimum Gasteiger partial charge on any atom is -0.454 e. The van der Waals surface area contributed by atoms with Crippen molar-refractivity contribution in [1.29, 1.82) is 5.26 Å². The van der Waals surface area contributed by atoms with E-state index in [0.717, 1.165) is 0 Å². The fourth-order valence-electron chi connectivity index (χ4n) is 3.27. The SMILES string of the molecule is N#CC1(N)C(c2ccc3c(c2)OCO3)C1S(=O)(=O)c1ccc(Cl)cc1. The summed E-state index contributed by atoms with van der Waals surface area (Å²) in [6.45, 7) is 0.113. The van der Waals surface area contributed by atoms with Gasteiger partial charge in [-0.3, -0.25) is 0 Å². The molecule has 1 fully saturated rings. The molecule has 3 atom stereocenters. The first kappa shape index (κ1) is 16.2. The highest BCUT2D eigenvalue weighted by atomic mass is 35.5. The Hall–Kier alpha value is -2.27. The van der Waals surface area contributed by atoms with Crippen molar-refractivity contribution in [3.05, 3.63) is 53.1 Å². The van der Waals surface area contributed by atoms with E-state index < -0.39 is 26.5 Å². The molecule has 1 aliphatic carbocycles. The highest BCUT2D eigenvalue weighted by molar-refractivity contribution is 7.92. The van der Waals surface area contributed by atoms with Gasteiger partial charge in [-0.05, 0) is 42.0 Å². The molecule has 2 aliphatic rings.